The molecule has 1 aromatic carbocycles. The molecule has 1 aromatic rings. The average Bonchev–Trinajstić information content (AvgIpc) is 3.02. The van der Waals surface area contributed by atoms with Gasteiger partial charge in [-0.1, -0.05) is 0 Å². The van der Waals surface area contributed by atoms with Crippen LogP contribution in [0.5, 0.6) is 0 Å². The number of benzene rings is 1. The molecule has 2 aliphatic rings. The van der Waals surface area contributed by atoms with Crippen molar-refractivity contribution < 1.29 is 23.5 Å². The van der Waals surface area contributed by atoms with Crippen LogP contribution in [-0.2, 0) is 14.3 Å². The standard InChI is InChI=1S/C19H24FN3O4/c1-2-27-18(25)13-7-9-22(10-8-13)19(26)21-15-11-17(24)23(12-15)16-5-3-14(20)4-6-16/h3-6,13,15H,2,7-12H2,1H3,(H,21,26)/t15-/m0/s1. The maximum atomic E-state index is 13.1. The second kappa shape index (κ2) is 8.37. The van der Waals surface area contributed by atoms with Crippen molar-refractivity contribution in [3.05, 3.63) is 30.1 Å². The zero-order valence-electron chi connectivity index (χ0n) is 15.3. The van der Waals surface area contributed by atoms with E-state index in [-0.39, 0.29) is 42.1 Å². The molecule has 2 fully saturated rings. The van der Waals surface area contributed by atoms with Gasteiger partial charge in [-0.15, -0.1) is 0 Å². The van der Waals surface area contributed by atoms with E-state index < -0.39 is 0 Å². The van der Waals surface area contributed by atoms with Gasteiger partial charge < -0.3 is 19.9 Å². The highest BCUT2D eigenvalue weighted by Gasteiger charge is 2.34. The summed E-state index contributed by atoms with van der Waals surface area (Å²) in [5.74, 6) is -0.820. The molecule has 0 aliphatic carbocycles. The summed E-state index contributed by atoms with van der Waals surface area (Å²) in [5.41, 5.74) is 0.619. The van der Waals surface area contributed by atoms with Gasteiger partial charge in [0, 0.05) is 31.7 Å². The number of carbonyl (C=O) groups is 3. The monoisotopic (exact) mass is 377 g/mol. The molecule has 1 atom stereocenters. The maximum absolute atomic E-state index is 13.1. The number of hydrogen-bond acceptors (Lipinski definition) is 4. The third-order valence-corrected chi connectivity index (χ3v) is 4.99. The van der Waals surface area contributed by atoms with Gasteiger partial charge in [-0.2, -0.15) is 0 Å². The summed E-state index contributed by atoms with van der Waals surface area (Å²) in [4.78, 5) is 39.7. The molecule has 1 N–H and O–H groups in total. The van der Waals surface area contributed by atoms with Crippen LogP contribution in [0.15, 0.2) is 24.3 Å². The Labute approximate surface area is 157 Å². The summed E-state index contributed by atoms with van der Waals surface area (Å²) in [5, 5.41) is 2.89. The van der Waals surface area contributed by atoms with Gasteiger partial charge in [0.15, 0.2) is 0 Å². The lowest BCUT2D eigenvalue weighted by molar-refractivity contribution is -0.149. The Morgan fingerprint density at radius 3 is 2.52 bits per heavy atom. The van der Waals surface area contributed by atoms with Crippen molar-refractivity contribution >= 4 is 23.6 Å². The topological polar surface area (TPSA) is 79.0 Å². The predicted molar refractivity (Wildman–Crippen MR) is 96.6 cm³/mol. The van der Waals surface area contributed by atoms with E-state index >= 15 is 0 Å². The molecule has 27 heavy (non-hydrogen) atoms. The third-order valence-electron chi connectivity index (χ3n) is 4.99. The van der Waals surface area contributed by atoms with Gasteiger partial charge >= 0.3 is 12.0 Å². The Bertz CT molecular complexity index is 701. The van der Waals surface area contributed by atoms with E-state index in [0.29, 0.717) is 44.8 Å². The third kappa shape index (κ3) is 4.56. The van der Waals surface area contributed by atoms with Gasteiger partial charge in [0.2, 0.25) is 5.91 Å². The first-order valence-electron chi connectivity index (χ1n) is 9.26. The van der Waals surface area contributed by atoms with Gasteiger partial charge in [-0.3, -0.25) is 9.59 Å². The van der Waals surface area contributed by atoms with E-state index in [9.17, 15) is 18.8 Å². The summed E-state index contributed by atoms with van der Waals surface area (Å²) in [6, 6.07) is 5.20. The fraction of sp³-hybridized carbons (Fsp3) is 0.526. The van der Waals surface area contributed by atoms with Gasteiger partial charge in [0.05, 0.1) is 18.6 Å². The van der Waals surface area contributed by atoms with E-state index in [1.807, 2.05) is 0 Å². The zero-order chi connectivity index (χ0) is 19.4. The summed E-state index contributed by atoms with van der Waals surface area (Å²) in [6.07, 6.45) is 1.37. The van der Waals surface area contributed by atoms with E-state index in [1.165, 1.54) is 12.1 Å². The van der Waals surface area contributed by atoms with Gasteiger partial charge in [0.25, 0.3) is 0 Å². The van der Waals surface area contributed by atoms with Gasteiger partial charge in [0.1, 0.15) is 5.82 Å². The molecular formula is C19H24FN3O4. The van der Waals surface area contributed by atoms with Crippen LogP contribution in [0.25, 0.3) is 0 Å². The first-order chi connectivity index (χ1) is 13.0. The molecule has 2 heterocycles. The number of nitrogens with one attached hydrogen (secondary N) is 1. The molecule has 0 bridgehead atoms. The van der Waals surface area contributed by atoms with Crippen molar-refractivity contribution in [3.8, 4) is 0 Å². The summed E-state index contributed by atoms with van der Waals surface area (Å²) < 4.78 is 18.1. The number of ether oxygens (including phenoxy) is 1. The fourth-order valence-electron chi connectivity index (χ4n) is 3.52. The summed E-state index contributed by atoms with van der Waals surface area (Å²) >= 11 is 0. The number of amides is 3. The van der Waals surface area contributed by atoms with Crippen LogP contribution in [0.1, 0.15) is 26.2 Å². The fourth-order valence-corrected chi connectivity index (χ4v) is 3.52. The highest BCUT2D eigenvalue weighted by Crippen LogP contribution is 2.23. The largest absolute Gasteiger partial charge is 0.466 e. The lowest BCUT2D eigenvalue weighted by Gasteiger charge is -2.31. The van der Waals surface area contributed by atoms with Crippen LogP contribution >= 0.6 is 0 Å². The number of piperidine rings is 1. The predicted octanol–water partition coefficient (Wildman–Crippen LogP) is 1.92. The molecule has 0 aromatic heterocycles. The van der Waals surface area contributed by atoms with Crippen LogP contribution in [0.3, 0.4) is 0 Å². The first kappa shape index (κ1) is 19.1. The van der Waals surface area contributed by atoms with Crippen molar-refractivity contribution in [2.75, 3.05) is 31.1 Å². The number of anilines is 1. The average molecular weight is 377 g/mol. The second-order valence-corrected chi connectivity index (χ2v) is 6.84. The van der Waals surface area contributed by atoms with E-state index in [4.69, 9.17) is 4.74 Å². The molecule has 0 saturated carbocycles. The SMILES string of the molecule is CCOC(=O)C1CCN(C(=O)N[C@H]2CC(=O)N(c3ccc(F)cc3)C2)CC1. The lowest BCUT2D eigenvalue weighted by atomic mass is 9.97. The minimum Gasteiger partial charge on any atom is -0.466 e. The van der Waals surface area contributed by atoms with Crippen LogP contribution in [0.2, 0.25) is 0 Å². The molecule has 0 radical (unpaired) electrons. The maximum Gasteiger partial charge on any atom is 0.317 e. The molecule has 7 nitrogen and oxygen atoms in total. The van der Waals surface area contributed by atoms with Crippen molar-refractivity contribution in [2.24, 2.45) is 5.92 Å². The van der Waals surface area contributed by atoms with Crippen molar-refractivity contribution in [1.29, 1.82) is 0 Å². The Morgan fingerprint density at radius 2 is 1.89 bits per heavy atom. The molecule has 8 heteroatoms. The number of likely N-dealkylation sites (tertiary alicyclic amines) is 1. The van der Waals surface area contributed by atoms with Crippen LogP contribution < -0.4 is 10.2 Å². The molecule has 0 unspecified atom stereocenters. The number of rotatable bonds is 4. The van der Waals surface area contributed by atoms with Crippen LogP contribution in [0, 0.1) is 11.7 Å². The molecule has 0 spiro atoms. The number of nitrogens with zero attached hydrogens (tertiary/aromatic N) is 2. The van der Waals surface area contributed by atoms with E-state index in [1.54, 1.807) is 28.9 Å². The first-order valence-corrected chi connectivity index (χ1v) is 9.26. The molecule has 2 saturated heterocycles. The normalized spacial score (nSPS) is 20.7. The number of carbonyl (C=O) groups excluding carboxylic acids is 3. The second-order valence-electron chi connectivity index (χ2n) is 6.84. The number of halogens is 1. The van der Waals surface area contributed by atoms with E-state index in [0.717, 1.165) is 0 Å². The van der Waals surface area contributed by atoms with E-state index in [2.05, 4.69) is 5.32 Å². The Hall–Kier alpha value is -2.64. The van der Waals surface area contributed by atoms with Crippen molar-refractivity contribution in [1.82, 2.24) is 10.2 Å². The number of hydrogen-bond donors (Lipinski definition) is 1. The molecule has 3 amide bonds. The van der Waals surface area contributed by atoms with Crippen LogP contribution in [0.4, 0.5) is 14.9 Å². The Balaban J connectivity index is 1.50. The van der Waals surface area contributed by atoms with Crippen LogP contribution in [-0.4, -0.2) is 55.1 Å². The zero-order valence-corrected chi connectivity index (χ0v) is 15.3. The number of urea groups is 1. The van der Waals surface area contributed by atoms with Gasteiger partial charge in [-0.05, 0) is 44.0 Å². The minimum absolute atomic E-state index is 0.104. The molecular weight excluding hydrogens is 353 g/mol. The molecule has 2 aliphatic heterocycles. The Morgan fingerprint density at radius 1 is 1.22 bits per heavy atom. The summed E-state index contributed by atoms with van der Waals surface area (Å²) in [6.45, 7) is 3.46. The quantitative estimate of drug-likeness (QED) is 0.813. The van der Waals surface area contributed by atoms with Gasteiger partial charge in [-0.25, -0.2) is 9.18 Å². The van der Waals surface area contributed by atoms with Crippen molar-refractivity contribution in [2.45, 2.75) is 32.2 Å². The lowest BCUT2D eigenvalue weighted by Crippen LogP contribution is -2.49. The highest BCUT2D eigenvalue weighted by molar-refractivity contribution is 5.96. The summed E-state index contributed by atoms with van der Waals surface area (Å²) in [7, 11) is 0. The Kier molecular flexibility index (Phi) is 5.93. The number of esters is 1. The smallest absolute Gasteiger partial charge is 0.317 e. The minimum atomic E-state index is -0.360. The molecule has 146 valence electrons. The highest BCUT2D eigenvalue weighted by atomic mass is 19.1. The molecule has 3 rings (SSSR count). The van der Waals surface area contributed by atoms with Crippen molar-refractivity contribution in [3.63, 3.8) is 0 Å².